The van der Waals surface area contributed by atoms with Crippen molar-refractivity contribution in [2.45, 2.75) is 65.4 Å². The summed E-state index contributed by atoms with van der Waals surface area (Å²) < 4.78 is 13.8. The molecule has 27 heavy (non-hydrogen) atoms. The molecule has 0 radical (unpaired) electrons. The van der Waals surface area contributed by atoms with Gasteiger partial charge in [0.15, 0.2) is 5.82 Å². The van der Waals surface area contributed by atoms with Crippen LogP contribution >= 0.6 is 0 Å². The number of methoxy groups -OCH3 is 1. The fraction of sp³-hybridized carbons (Fsp3) is 0.591. The Balaban J connectivity index is 1.93. The van der Waals surface area contributed by atoms with E-state index in [0.29, 0.717) is 0 Å². The number of nitrogens with zero attached hydrogens (tertiary/aromatic N) is 3. The topological polar surface area (TPSA) is 39.5 Å². The number of rotatable bonds is 8. The molecule has 1 aliphatic rings. The number of fused-ring (bicyclic) bond motifs is 1. The second-order valence-electron chi connectivity index (χ2n) is 7.46. The molecule has 5 nitrogen and oxygen atoms in total. The van der Waals surface area contributed by atoms with Gasteiger partial charge in [-0.3, -0.25) is 0 Å². The van der Waals surface area contributed by atoms with E-state index >= 15 is 0 Å². The molecular weight excluding hydrogens is 338 g/mol. The Morgan fingerprint density at radius 1 is 1.19 bits per heavy atom. The van der Waals surface area contributed by atoms with Crippen LogP contribution in [0.2, 0.25) is 0 Å². The van der Waals surface area contributed by atoms with Crippen LogP contribution in [-0.4, -0.2) is 29.5 Å². The first-order valence-corrected chi connectivity index (χ1v) is 10.2. The molecule has 1 aromatic heterocycles. The average molecular weight is 372 g/mol. The van der Waals surface area contributed by atoms with Crippen molar-refractivity contribution in [3.05, 3.63) is 29.3 Å². The van der Waals surface area contributed by atoms with E-state index in [4.69, 9.17) is 14.6 Å². The Bertz CT molecular complexity index is 763. The molecule has 0 N–H and O–H groups in total. The summed E-state index contributed by atoms with van der Waals surface area (Å²) in [6.45, 7) is 7.55. The van der Waals surface area contributed by atoms with E-state index in [9.17, 15) is 0 Å². The van der Waals surface area contributed by atoms with Crippen LogP contribution in [0.3, 0.4) is 0 Å². The molecule has 2 heterocycles. The highest BCUT2D eigenvalue weighted by Crippen LogP contribution is 2.40. The Hall–Kier alpha value is -2.17. The molecule has 1 aromatic carbocycles. The highest BCUT2D eigenvalue weighted by Gasteiger charge is 2.28. The molecule has 1 aliphatic heterocycles. The van der Waals surface area contributed by atoms with Crippen molar-refractivity contribution >= 4 is 11.5 Å². The van der Waals surface area contributed by atoms with Crippen molar-refractivity contribution in [3.63, 3.8) is 0 Å². The largest absolute Gasteiger partial charge is 0.497 e. The maximum absolute atomic E-state index is 6.47. The summed E-state index contributed by atoms with van der Waals surface area (Å²) in [4.78, 5) is 2.33. The molecule has 0 amide bonds. The SMILES string of the molecule is CCCC(CCC)Oc1c2c(nn1C)N(c1ccc(OC)cc1C)CCC2. The standard InChI is InChI=1S/C22H33N3O2/c1-6-9-17(10-7-2)27-22-19-11-8-14-25(21(19)23-24(22)4)20-13-12-18(26-5)15-16(20)3/h12-13,15,17H,6-11,14H2,1-5H3. The van der Waals surface area contributed by atoms with Gasteiger partial charge in [0.25, 0.3) is 0 Å². The Kier molecular flexibility index (Phi) is 6.30. The molecule has 2 aromatic rings. The second-order valence-corrected chi connectivity index (χ2v) is 7.46. The summed E-state index contributed by atoms with van der Waals surface area (Å²) in [7, 11) is 3.71. The van der Waals surface area contributed by atoms with Crippen LogP contribution in [0.15, 0.2) is 18.2 Å². The van der Waals surface area contributed by atoms with Gasteiger partial charge in [-0.1, -0.05) is 26.7 Å². The van der Waals surface area contributed by atoms with Gasteiger partial charge in [-0.25, -0.2) is 4.68 Å². The van der Waals surface area contributed by atoms with Crippen molar-refractivity contribution in [2.24, 2.45) is 7.05 Å². The minimum absolute atomic E-state index is 0.276. The smallest absolute Gasteiger partial charge is 0.217 e. The summed E-state index contributed by atoms with van der Waals surface area (Å²) in [5.41, 5.74) is 3.64. The number of hydrogen-bond acceptors (Lipinski definition) is 4. The molecular formula is C22H33N3O2. The van der Waals surface area contributed by atoms with Gasteiger partial charge in [0.2, 0.25) is 5.88 Å². The highest BCUT2D eigenvalue weighted by atomic mass is 16.5. The van der Waals surface area contributed by atoms with Gasteiger partial charge < -0.3 is 14.4 Å². The normalized spacial score (nSPS) is 13.8. The maximum atomic E-state index is 6.47. The van der Waals surface area contributed by atoms with Crippen LogP contribution in [0, 0.1) is 6.92 Å². The molecule has 5 heteroatoms. The van der Waals surface area contributed by atoms with Crippen LogP contribution in [0.4, 0.5) is 11.5 Å². The molecule has 3 rings (SSSR count). The van der Waals surface area contributed by atoms with Crippen LogP contribution in [0.25, 0.3) is 0 Å². The fourth-order valence-electron chi connectivity index (χ4n) is 4.00. The van der Waals surface area contributed by atoms with Crippen molar-refractivity contribution in [1.29, 1.82) is 0 Å². The summed E-state index contributed by atoms with van der Waals surface area (Å²) in [5.74, 6) is 2.88. The van der Waals surface area contributed by atoms with E-state index in [1.54, 1.807) is 7.11 Å². The zero-order valence-electron chi connectivity index (χ0n) is 17.4. The first kappa shape index (κ1) is 19.6. The Morgan fingerprint density at radius 2 is 1.93 bits per heavy atom. The zero-order valence-corrected chi connectivity index (χ0v) is 17.4. The fourth-order valence-corrected chi connectivity index (χ4v) is 4.00. The van der Waals surface area contributed by atoms with Crippen molar-refractivity contribution in [2.75, 3.05) is 18.6 Å². The lowest BCUT2D eigenvalue weighted by molar-refractivity contribution is 0.162. The molecule has 0 unspecified atom stereocenters. The van der Waals surface area contributed by atoms with Gasteiger partial charge in [-0.05, 0) is 56.4 Å². The van der Waals surface area contributed by atoms with Crippen molar-refractivity contribution in [3.8, 4) is 11.6 Å². The van der Waals surface area contributed by atoms with E-state index < -0.39 is 0 Å². The summed E-state index contributed by atoms with van der Waals surface area (Å²) in [6, 6.07) is 6.24. The van der Waals surface area contributed by atoms with Gasteiger partial charge >= 0.3 is 0 Å². The summed E-state index contributed by atoms with van der Waals surface area (Å²) in [6.07, 6.45) is 6.87. The lowest BCUT2D eigenvalue weighted by Gasteiger charge is -2.29. The molecule has 0 saturated heterocycles. The minimum atomic E-state index is 0.276. The average Bonchev–Trinajstić information content (AvgIpc) is 2.98. The lowest BCUT2D eigenvalue weighted by atomic mass is 10.0. The van der Waals surface area contributed by atoms with Crippen molar-refractivity contribution in [1.82, 2.24) is 9.78 Å². The molecule has 0 atom stereocenters. The molecule has 0 spiro atoms. The monoisotopic (exact) mass is 371 g/mol. The summed E-state index contributed by atoms with van der Waals surface area (Å²) >= 11 is 0. The van der Waals surface area contributed by atoms with E-state index in [2.05, 4.69) is 37.8 Å². The van der Waals surface area contributed by atoms with E-state index in [0.717, 1.165) is 62.5 Å². The Labute approximate surface area is 163 Å². The first-order valence-electron chi connectivity index (χ1n) is 10.2. The number of aryl methyl sites for hydroxylation is 2. The van der Waals surface area contributed by atoms with E-state index in [-0.39, 0.29) is 6.10 Å². The quantitative estimate of drug-likeness (QED) is 0.642. The van der Waals surface area contributed by atoms with Crippen LogP contribution < -0.4 is 14.4 Å². The number of benzene rings is 1. The maximum Gasteiger partial charge on any atom is 0.217 e. The van der Waals surface area contributed by atoms with Gasteiger partial charge in [0, 0.05) is 19.3 Å². The number of anilines is 2. The van der Waals surface area contributed by atoms with Crippen LogP contribution in [-0.2, 0) is 13.5 Å². The van der Waals surface area contributed by atoms with Crippen LogP contribution in [0.1, 0.15) is 57.1 Å². The Morgan fingerprint density at radius 3 is 2.56 bits per heavy atom. The molecule has 0 bridgehead atoms. The first-order chi connectivity index (χ1) is 13.1. The van der Waals surface area contributed by atoms with Gasteiger partial charge in [-0.15, -0.1) is 0 Å². The zero-order chi connectivity index (χ0) is 19.4. The molecule has 0 saturated carbocycles. The van der Waals surface area contributed by atoms with Gasteiger partial charge in [-0.2, -0.15) is 5.10 Å². The van der Waals surface area contributed by atoms with Crippen molar-refractivity contribution < 1.29 is 9.47 Å². The number of ether oxygens (including phenoxy) is 2. The predicted octanol–water partition coefficient (Wildman–Crippen LogP) is 5.17. The molecule has 0 fully saturated rings. The third-order valence-corrected chi connectivity index (χ3v) is 5.33. The van der Waals surface area contributed by atoms with E-state index in [1.807, 2.05) is 17.8 Å². The lowest BCUT2D eigenvalue weighted by Crippen LogP contribution is -2.25. The second kappa shape index (κ2) is 8.68. The number of hydrogen-bond donors (Lipinski definition) is 0. The van der Waals surface area contributed by atoms with Crippen LogP contribution in [0.5, 0.6) is 11.6 Å². The third-order valence-electron chi connectivity index (χ3n) is 5.33. The van der Waals surface area contributed by atoms with E-state index in [1.165, 1.54) is 16.8 Å². The van der Waals surface area contributed by atoms with Gasteiger partial charge in [0.05, 0.1) is 12.7 Å². The number of aromatic nitrogens is 2. The minimum Gasteiger partial charge on any atom is -0.497 e. The highest BCUT2D eigenvalue weighted by molar-refractivity contribution is 5.69. The molecule has 0 aliphatic carbocycles. The predicted molar refractivity (Wildman–Crippen MR) is 110 cm³/mol. The summed E-state index contributed by atoms with van der Waals surface area (Å²) in [5, 5.41) is 4.85. The molecule has 148 valence electrons. The third kappa shape index (κ3) is 4.07. The van der Waals surface area contributed by atoms with Gasteiger partial charge in [0.1, 0.15) is 11.9 Å².